The molecule has 0 aromatic heterocycles. The standard InChI is InChI=1S/C16H27ClN2S/c1-4-15(18)16(13-8-7-9-14(17)12-13)20-11-10-19(5-2)6-3/h7-9,12,15-16H,4-6,10-11,18H2,1-3H3. The van der Waals surface area contributed by atoms with Gasteiger partial charge in [0.2, 0.25) is 0 Å². The number of halogens is 1. The smallest absolute Gasteiger partial charge is 0.0449 e. The minimum absolute atomic E-state index is 0.176. The maximum Gasteiger partial charge on any atom is 0.0449 e. The summed E-state index contributed by atoms with van der Waals surface area (Å²) < 4.78 is 0. The van der Waals surface area contributed by atoms with Crippen LogP contribution in [0.1, 0.15) is 38.0 Å². The van der Waals surface area contributed by atoms with E-state index in [4.69, 9.17) is 17.3 Å². The molecule has 1 rings (SSSR count). The Hall–Kier alpha value is -0.220. The molecule has 0 saturated carbocycles. The Morgan fingerprint density at radius 3 is 2.50 bits per heavy atom. The van der Waals surface area contributed by atoms with E-state index in [2.05, 4.69) is 31.7 Å². The molecule has 0 radical (unpaired) electrons. The fourth-order valence-corrected chi connectivity index (χ4v) is 3.81. The van der Waals surface area contributed by atoms with Crippen molar-refractivity contribution in [3.8, 4) is 0 Å². The van der Waals surface area contributed by atoms with Gasteiger partial charge in [-0.2, -0.15) is 11.8 Å². The highest BCUT2D eigenvalue weighted by molar-refractivity contribution is 7.99. The number of nitrogens with zero attached hydrogens (tertiary/aromatic N) is 1. The van der Waals surface area contributed by atoms with E-state index in [1.54, 1.807) is 0 Å². The third-order valence-corrected chi connectivity index (χ3v) is 5.27. The number of benzene rings is 1. The molecule has 2 N–H and O–H groups in total. The van der Waals surface area contributed by atoms with E-state index in [9.17, 15) is 0 Å². The van der Waals surface area contributed by atoms with Crippen molar-refractivity contribution in [3.63, 3.8) is 0 Å². The first-order valence-electron chi connectivity index (χ1n) is 7.47. The molecule has 1 aromatic rings. The topological polar surface area (TPSA) is 29.3 Å². The predicted octanol–water partition coefficient (Wildman–Crippen LogP) is 4.19. The van der Waals surface area contributed by atoms with Gasteiger partial charge >= 0.3 is 0 Å². The Morgan fingerprint density at radius 1 is 1.25 bits per heavy atom. The van der Waals surface area contributed by atoms with E-state index in [0.717, 1.165) is 36.8 Å². The summed E-state index contributed by atoms with van der Waals surface area (Å²) in [5.41, 5.74) is 7.55. The summed E-state index contributed by atoms with van der Waals surface area (Å²) >= 11 is 8.06. The van der Waals surface area contributed by atoms with Crippen molar-refractivity contribution >= 4 is 23.4 Å². The lowest BCUT2D eigenvalue weighted by atomic mass is 10.0. The molecule has 20 heavy (non-hydrogen) atoms. The van der Waals surface area contributed by atoms with Crippen molar-refractivity contribution in [1.82, 2.24) is 4.90 Å². The van der Waals surface area contributed by atoms with Gasteiger partial charge in [-0.1, -0.05) is 44.5 Å². The van der Waals surface area contributed by atoms with Gasteiger partial charge in [0.15, 0.2) is 0 Å². The van der Waals surface area contributed by atoms with Gasteiger partial charge in [-0.3, -0.25) is 0 Å². The summed E-state index contributed by atoms with van der Waals surface area (Å²) in [5, 5.41) is 1.12. The Labute approximate surface area is 133 Å². The molecule has 0 amide bonds. The number of hydrogen-bond acceptors (Lipinski definition) is 3. The zero-order chi connectivity index (χ0) is 15.0. The molecule has 0 aliphatic carbocycles. The maximum atomic E-state index is 6.30. The third kappa shape index (κ3) is 5.65. The van der Waals surface area contributed by atoms with Gasteiger partial charge in [0, 0.05) is 28.6 Å². The molecule has 0 fully saturated rings. The van der Waals surface area contributed by atoms with E-state index in [1.807, 2.05) is 30.0 Å². The quantitative estimate of drug-likeness (QED) is 0.741. The second-order valence-electron chi connectivity index (χ2n) is 4.95. The molecule has 0 saturated heterocycles. The lowest BCUT2D eigenvalue weighted by molar-refractivity contribution is 0.323. The van der Waals surface area contributed by atoms with Gasteiger partial charge < -0.3 is 10.6 Å². The van der Waals surface area contributed by atoms with Crippen molar-refractivity contribution in [1.29, 1.82) is 0 Å². The van der Waals surface area contributed by atoms with E-state index in [0.29, 0.717) is 5.25 Å². The van der Waals surface area contributed by atoms with Crippen molar-refractivity contribution in [2.75, 3.05) is 25.4 Å². The van der Waals surface area contributed by atoms with E-state index in [-0.39, 0.29) is 6.04 Å². The summed E-state index contributed by atoms with van der Waals surface area (Å²) in [6.07, 6.45) is 0.982. The van der Waals surface area contributed by atoms with Crippen LogP contribution in [-0.2, 0) is 0 Å². The van der Waals surface area contributed by atoms with Gasteiger partial charge in [0.25, 0.3) is 0 Å². The summed E-state index contributed by atoms with van der Waals surface area (Å²) in [4.78, 5) is 2.44. The lowest BCUT2D eigenvalue weighted by Gasteiger charge is -2.25. The molecule has 2 unspecified atom stereocenters. The highest BCUT2D eigenvalue weighted by atomic mass is 35.5. The molecule has 0 bridgehead atoms. The van der Waals surface area contributed by atoms with Crippen molar-refractivity contribution in [2.45, 2.75) is 38.5 Å². The second-order valence-corrected chi connectivity index (χ2v) is 6.63. The number of thioether (sulfide) groups is 1. The highest BCUT2D eigenvalue weighted by Crippen LogP contribution is 2.33. The minimum atomic E-state index is 0.176. The fourth-order valence-electron chi connectivity index (χ4n) is 2.21. The number of hydrogen-bond donors (Lipinski definition) is 1. The third-order valence-electron chi connectivity index (χ3n) is 3.64. The molecule has 4 heteroatoms. The fraction of sp³-hybridized carbons (Fsp3) is 0.625. The average Bonchev–Trinajstić information content (AvgIpc) is 2.47. The van der Waals surface area contributed by atoms with E-state index < -0.39 is 0 Å². The SMILES string of the molecule is CCC(N)C(SCCN(CC)CC)c1cccc(Cl)c1. The molecule has 1 aromatic carbocycles. The highest BCUT2D eigenvalue weighted by Gasteiger charge is 2.19. The van der Waals surface area contributed by atoms with Gasteiger partial charge in [-0.15, -0.1) is 0 Å². The molecule has 114 valence electrons. The molecular weight excluding hydrogens is 288 g/mol. The minimum Gasteiger partial charge on any atom is -0.326 e. The predicted molar refractivity (Wildman–Crippen MR) is 92.7 cm³/mol. The van der Waals surface area contributed by atoms with Crippen LogP contribution in [-0.4, -0.2) is 36.3 Å². The largest absolute Gasteiger partial charge is 0.326 e. The van der Waals surface area contributed by atoms with Gasteiger partial charge in [-0.25, -0.2) is 0 Å². The molecule has 0 heterocycles. The van der Waals surface area contributed by atoms with Gasteiger partial charge in [0.05, 0.1) is 0 Å². The Morgan fingerprint density at radius 2 is 1.95 bits per heavy atom. The zero-order valence-electron chi connectivity index (χ0n) is 12.8. The zero-order valence-corrected chi connectivity index (χ0v) is 14.4. The molecule has 0 aliphatic heterocycles. The van der Waals surface area contributed by atoms with Crippen molar-refractivity contribution < 1.29 is 0 Å². The molecular formula is C16H27ClN2S. The van der Waals surface area contributed by atoms with Crippen LogP contribution >= 0.6 is 23.4 Å². The monoisotopic (exact) mass is 314 g/mol. The Kier molecular flexibility index (Phi) is 8.62. The molecule has 0 spiro atoms. The first-order chi connectivity index (χ1) is 9.62. The van der Waals surface area contributed by atoms with Crippen LogP contribution in [0.5, 0.6) is 0 Å². The normalized spacial score (nSPS) is 14.5. The average molecular weight is 315 g/mol. The summed E-state index contributed by atoms with van der Waals surface area (Å²) in [5.74, 6) is 1.10. The Balaban J connectivity index is 2.66. The van der Waals surface area contributed by atoms with Crippen LogP contribution < -0.4 is 5.73 Å². The molecule has 0 aliphatic rings. The summed E-state index contributed by atoms with van der Waals surface area (Å²) in [6.45, 7) is 9.90. The van der Waals surface area contributed by atoms with Gasteiger partial charge in [-0.05, 0) is 37.2 Å². The molecule has 2 nitrogen and oxygen atoms in total. The summed E-state index contributed by atoms with van der Waals surface area (Å²) in [6, 6.07) is 8.29. The van der Waals surface area contributed by atoms with Crippen LogP contribution in [0.4, 0.5) is 0 Å². The Bertz CT molecular complexity index is 382. The first kappa shape index (κ1) is 17.8. The van der Waals surface area contributed by atoms with Crippen LogP contribution in [0.15, 0.2) is 24.3 Å². The van der Waals surface area contributed by atoms with E-state index >= 15 is 0 Å². The van der Waals surface area contributed by atoms with Crippen LogP contribution in [0, 0.1) is 0 Å². The lowest BCUT2D eigenvalue weighted by Crippen LogP contribution is -2.29. The number of rotatable bonds is 9. The maximum absolute atomic E-state index is 6.30. The van der Waals surface area contributed by atoms with Crippen LogP contribution in [0.25, 0.3) is 0 Å². The molecule has 2 atom stereocenters. The van der Waals surface area contributed by atoms with Gasteiger partial charge in [0.1, 0.15) is 0 Å². The first-order valence-corrected chi connectivity index (χ1v) is 8.90. The van der Waals surface area contributed by atoms with Crippen LogP contribution in [0.3, 0.4) is 0 Å². The number of nitrogens with two attached hydrogens (primary N) is 1. The van der Waals surface area contributed by atoms with Crippen LogP contribution in [0.2, 0.25) is 5.02 Å². The van der Waals surface area contributed by atoms with E-state index in [1.165, 1.54) is 5.56 Å². The second kappa shape index (κ2) is 9.67. The van der Waals surface area contributed by atoms with Crippen molar-refractivity contribution in [3.05, 3.63) is 34.9 Å². The van der Waals surface area contributed by atoms with Crippen molar-refractivity contribution in [2.24, 2.45) is 5.73 Å². The summed E-state index contributed by atoms with van der Waals surface area (Å²) in [7, 11) is 0.